The third-order valence-corrected chi connectivity index (χ3v) is 13.2. The highest BCUT2D eigenvalue weighted by molar-refractivity contribution is 7.88. The van der Waals surface area contributed by atoms with Crippen LogP contribution in [0.5, 0.6) is 0 Å². The first-order chi connectivity index (χ1) is 26.1. The second-order valence-corrected chi connectivity index (χ2v) is 18.0. The summed E-state index contributed by atoms with van der Waals surface area (Å²) >= 11 is 27.2. The molecule has 0 atom stereocenters. The first-order valence-corrected chi connectivity index (χ1v) is 21.3. The fourth-order valence-corrected chi connectivity index (χ4v) is 10.8. The van der Waals surface area contributed by atoms with Crippen LogP contribution in [0.2, 0.25) is 20.1 Å². The molecular weight excluding hydrogens is 856 g/mol. The van der Waals surface area contributed by atoms with Crippen molar-refractivity contribution in [2.75, 3.05) is 19.3 Å². The Hall–Kier alpha value is -3.97. The third-order valence-electron chi connectivity index (χ3n) is 9.00. The molecule has 55 heavy (non-hydrogen) atoms. The Morgan fingerprint density at radius 3 is 1.80 bits per heavy atom. The van der Waals surface area contributed by atoms with Gasteiger partial charge in [0.2, 0.25) is 15.8 Å². The number of aromatic amines is 2. The fraction of sp³-hybridized carbons (Fsp3) is 0.200. The van der Waals surface area contributed by atoms with E-state index in [1.54, 1.807) is 41.8 Å². The van der Waals surface area contributed by atoms with Crippen molar-refractivity contribution in [3.8, 4) is 33.6 Å². The van der Waals surface area contributed by atoms with E-state index in [2.05, 4.69) is 20.1 Å². The molecule has 5 N–H and O–H groups in total. The summed E-state index contributed by atoms with van der Waals surface area (Å²) in [6.45, 7) is 0.547. The molecule has 0 unspecified atom stereocenters. The summed E-state index contributed by atoms with van der Waals surface area (Å²) in [4.78, 5) is 33.7. The van der Waals surface area contributed by atoms with Crippen LogP contribution in [-0.4, -0.2) is 79.4 Å². The minimum Gasteiger partial charge on any atom is -0.477 e. The van der Waals surface area contributed by atoms with Crippen molar-refractivity contribution in [2.24, 2.45) is 0 Å². The van der Waals surface area contributed by atoms with Crippen LogP contribution in [0.15, 0.2) is 51.7 Å². The molecule has 5 aromatic heterocycles. The summed E-state index contributed by atoms with van der Waals surface area (Å²) in [5.41, 5.74) is 5.35. The van der Waals surface area contributed by atoms with Crippen LogP contribution < -0.4 is 0 Å². The molecule has 286 valence electrons. The van der Waals surface area contributed by atoms with Gasteiger partial charge < -0.3 is 29.8 Å². The van der Waals surface area contributed by atoms with Gasteiger partial charge in [0, 0.05) is 49.7 Å². The Kier molecular flexibility index (Phi) is 11.1. The number of aromatic carboxylic acids is 2. The number of thiophene rings is 2. The van der Waals surface area contributed by atoms with E-state index in [1.165, 1.54) is 33.2 Å². The van der Waals surface area contributed by atoms with Crippen LogP contribution in [0.25, 0.3) is 54.1 Å². The molecule has 0 saturated carbocycles. The number of rotatable bonds is 8. The average Bonchev–Trinajstić information content (AvgIpc) is 3.93. The number of carbonyl (C=O) groups is 2. The molecule has 1 saturated heterocycles. The maximum absolute atomic E-state index is 11.9. The summed E-state index contributed by atoms with van der Waals surface area (Å²) < 4.78 is 31.5. The Morgan fingerprint density at radius 1 is 0.836 bits per heavy atom. The average molecular weight is 884 g/mol. The molecule has 7 aromatic rings. The number of hydrogen-bond donors (Lipinski definition) is 5. The summed E-state index contributed by atoms with van der Waals surface area (Å²) in [6.07, 6.45) is 2.61. The van der Waals surface area contributed by atoms with Crippen molar-refractivity contribution >= 4 is 111 Å². The summed E-state index contributed by atoms with van der Waals surface area (Å²) in [6, 6.07) is 9.89. The topological polar surface area (TPSA) is 203 Å². The van der Waals surface area contributed by atoms with E-state index in [0.29, 0.717) is 84.1 Å². The van der Waals surface area contributed by atoms with Crippen molar-refractivity contribution in [3.63, 3.8) is 0 Å². The molecule has 8 rings (SSSR count). The molecule has 0 spiro atoms. The zero-order valence-electron chi connectivity index (χ0n) is 28.2. The van der Waals surface area contributed by atoms with Gasteiger partial charge in [-0.15, -0.1) is 22.7 Å². The van der Waals surface area contributed by atoms with Crippen molar-refractivity contribution in [1.82, 2.24) is 24.4 Å². The van der Waals surface area contributed by atoms with Gasteiger partial charge in [0.05, 0.1) is 32.3 Å². The predicted molar refractivity (Wildman–Crippen MR) is 215 cm³/mol. The number of hydrogen-bond acceptors (Lipinski definition) is 10. The van der Waals surface area contributed by atoms with Gasteiger partial charge in [0.15, 0.2) is 0 Å². The summed E-state index contributed by atoms with van der Waals surface area (Å²) in [5.74, 6) is -1.68. The monoisotopic (exact) mass is 881 g/mol. The van der Waals surface area contributed by atoms with Gasteiger partial charge in [0.1, 0.15) is 18.0 Å². The molecule has 0 amide bonds. The minimum absolute atomic E-state index is 0.0114. The summed E-state index contributed by atoms with van der Waals surface area (Å²) in [7, 11) is -3.19. The quantitative estimate of drug-likeness (QED) is 0.0978. The number of piperidine rings is 1. The maximum Gasteiger partial charge on any atom is 0.353 e. The van der Waals surface area contributed by atoms with E-state index < -0.39 is 22.0 Å². The Labute approximate surface area is 340 Å². The highest BCUT2D eigenvalue weighted by Gasteiger charge is 2.30. The van der Waals surface area contributed by atoms with Crippen LogP contribution in [0.1, 0.15) is 51.2 Å². The highest BCUT2D eigenvalue weighted by Crippen LogP contribution is 2.45. The number of sulfonamides is 1. The van der Waals surface area contributed by atoms with Gasteiger partial charge in [-0.05, 0) is 77.2 Å². The van der Waals surface area contributed by atoms with Crippen LogP contribution >= 0.6 is 69.1 Å². The van der Waals surface area contributed by atoms with E-state index in [4.69, 9.17) is 56.0 Å². The molecule has 0 bridgehead atoms. The zero-order chi connectivity index (χ0) is 39.3. The number of carboxylic acid groups (broad SMARTS) is 2. The van der Waals surface area contributed by atoms with Gasteiger partial charge in [0.25, 0.3) is 5.89 Å². The molecular formula is C35H27Cl4N5O8S3. The van der Waals surface area contributed by atoms with Crippen LogP contribution in [-0.2, 0) is 16.6 Å². The van der Waals surface area contributed by atoms with E-state index in [9.17, 15) is 28.2 Å². The SMILES string of the molecule is CS(=O)(=O)N1CCC(c2csc3c(-c4cc(Cl)cc(Cl)c4)c(C(=O)O)[nH]c23)CC1.O=C(O)c1[nH]c2c(-c3noc(CO)n3)csc2c1-c1cc(Cl)cc(Cl)c1. The third kappa shape index (κ3) is 7.88. The van der Waals surface area contributed by atoms with Crippen molar-refractivity contribution in [3.05, 3.63) is 90.1 Å². The van der Waals surface area contributed by atoms with Gasteiger partial charge in [-0.25, -0.2) is 22.3 Å². The van der Waals surface area contributed by atoms with Gasteiger partial charge in [-0.3, -0.25) is 0 Å². The number of halogens is 4. The van der Waals surface area contributed by atoms with Crippen molar-refractivity contribution < 1.29 is 37.8 Å². The number of nitrogens with one attached hydrogen (secondary N) is 2. The van der Waals surface area contributed by atoms with Gasteiger partial charge in [-0.1, -0.05) is 51.6 Å². The first-order valence-electron chi connectivity index (χ1n) is 16.2. The number of aliphatic hydroxyl groups is 1. The van der Waals surface area contributed by atoms with E-state index in [1.807, 2.05) is 5.38 Å². The second kappa shape index (κ2) is 15.5. The van der Waals surface area contributed by atoms with Gasteiger partial charge >= 0.3 is 11.9 Å². The first kappa shape index (κ1) is 39.3. The van der Waals surface area contributed by atoms with E-state index >= 15 is 0 Å². The van der Waals surface area contributed by atoms with Crippen LogP contribution in [0.4, 0.5) is 0 Å². The molecule has 2 aromatic carbocycles. The summed E-state index contributed by atoms with van der Waals surface area (Å²) in [5, 5.41) is 37.7. The predicted octanol–water partition coefficient (Wildman–Crippen LogP) is 9.48. The lowest BCUT2D eigenvalue weighted by Gasteiger charge is -2.29. The maximum atomic E-state index is 11.9. The normalized spacial score (nSPS) is 14.1. The Bertz CT molecular complexity index is 2690. The number of nitrogens with zero attached hydrogens (tertiary/aromatic N) is 3. The van der Waals surface area contributed by atoms with Crippen LogP contribution in [0.3, 0.4) is 0 Å². The molecule has 1 aliphatic heterocycles. The number of benzene rings is 2. The smallest absolute Gasteiger partial charge is 0.353 e. The van der Waals surface area contributed by atoms with E-state index in [-0.39, 0.29) is 35.6 Å². The van der Waals surface area contributed by atoms with E-state index in [0.717, 1.165) is 15.8 Å². The second-order valence-electron chi connectivity index (χ2n) is 12.5. The minimum atomic E-state index is -3.19. The van der Waals surface area contributed by atoms with Crippen molar-refractivity contribution in [1.29, 1.82) is 0 Å². The lowest BCUT2D eigenvalue weighted by atomic mass is 9.91. The Morgan fingerprint density at radius 2 is 1.33 bits per heavy atom. The molecule has 20 heteroatoms. The molecule has 1 fully saturated rings. The number of aromatic nitrogens is 4. The van der Waals surface area contributed by atoms with Gasteiger partial charge in [-0.2, -0.15) is 4.98 Å². The fourth-order valence-electron chi connectivity index (χ4n) is 6.61. The molecule has 0 aliphatic carbocycles. The number of H-pyrrole nitrogens is 2. The number of carboxylic acids is 2. The number of aliphatic hydroxyl groups excluding tert-OH is 1. The van der Waals surface area contributed by atoms with Crippen LogP contribution in [0, 0.1) is 0 Å². The lowest BCUT2D eigenvalue weighted by molar-refractivity contribution is 0.0681. The molecule has 0 radical (unpaired) electrons. The standard InChI is InChI=1S/C19H18Cl2N2O4S2.C16H9Cl2N3O4S/c1-29(26,27)23-4-2-10(3-5-23)14-9-28-18-15(17(19(24)25)22-16(14)18)11-6-12(20)8-13(21)7-11;17-7-1-6(2-8(18)3-7)11-13(16(23)24)20-12-9(5-26-14(11)12)15-19-10(4-22)25-21-15/h6-10,22H,2-5H2,1H3,(H,24,25);1-3,5,20,22H,4H2,(H,23,24). The number of fused-ring (bicyclic) bond motifs is 2. The zero-order valence-corrected chi connectivity index (χ0v) is 33.7. The lowest BCUT2D eigenvalue weighted by Crippen LogP contribution is -2.37. The Balaban J connectivity index is 0.000000170. The highest BCUT2D eigenvalue weighted by atomic mass is 35.5. The largest absolute Gasteiger partial charge is 0.477 e. The molecule has 6 heterocycles. The molecule has 13 nitrogen and oxygen atoms in total. The van der Waals surface area contributed by atoms with Crippen molar-refractivity contribution in [2.45, 2.75) is 25.4 Å². The molecule has 1 aliphatic rings.